The Kier molecular flexibility index (Phi) is 4.23. The molecule has 0 saturated carbocycles. The smallest absolute Gasteiger partial charge is 0.338 e. The Morgan fingerprint density at radius 3 is 2.41 bits per heavy atom. The van der Waals surface area contributed by atoms with Gasteiger partial charge in [-0.05, 0) is 26.0 Å². The van der Waals surface area contributed by atoms with Crippen LogP contribution in [0.2, 0.25) is 5.02 Å². The minimum atomic E-state index is -0.418. The Morgan fingerprint density at radius 1 is 1.41 bits per heavy atom. The predicted molar refractivity (Wildman–Crippen MR) is 70.7 cm³/mol. The van der Waals surface area contributed by atoms with Gasteiger partial charge >= 0.3 is 5.97 Å². The molecule has 0 saturated heterocycles. The molecule has 0 aliphatic rings. The van der Waals surface area contributed by atoms with Crippen LogP contribution in [0.5, 0.6) is 0 Å². The molecule has 1 aromatic rings. The lowest BCUT2D eigenvalue weighted by Crippen LogP contribution is -2.15. The van der Waals surface area contributed by atoms with Crippen molar-refractivity contribution in [1.82, 2.24) is 0 Å². The number of anilines is 2. The second kappa shape index (κ2) is 5.27. The molecule has 4 nitrogen and oxygen atoms in total. The average Bonchev–Trinajstić information content (AvgIpc) is 2.14. The van der Waals surface area contributed by atoms with Crippen molar-refractivity contribution < 1.29 is 9.53 Å². The number of carbonyl (C=O) groups is 1. The molecule has 5 heteroatoms. The summed E-state index contributed by atoms with van der Waals surface area (Å²) in [5.74, 6) is -0.418. The first kappa shape index (κ1) is 13.6. The highest BCUT2D eigenvalue weighted by Gasteiger charge is 2.15. The number of carbonyl (C=O) groups excluding carboxylic acids is 1. The third kappa shape index (κ3) is 3.27. The maximum Gasteiger partial charge on any atom is 0.338 e. The molecule has 94 valence electrons. The molecule has 0 spiro atoms. The van der Waals surface area contributed by atoms with Crippen LogP contribution in [0.15, 0.2) is 12.1 Å². The van der Waals surface area contributed by atoms with Crippen LogP contribution in [0.1, 0.15) is 24.2 Å². The number of nitrogens with zero attached hydrogens (tertiary/aromatic N) is 1. The first-order valence-electron chi connectivity index (χ1n) is 5.30. The summed E-state index contributed by atoms with van der Waals surface area (Å²) in [6.07, 6.45) is -0.170. The van der Waals surface area contributed by atoms with Crippen molar-refractivity contribution in [2.24, 2.45) is 0 Å². The Labute approximate surface area is 106 Å². The summed E-state index contributed by atoms with van der Waals surface area (Å²) in [5, 5.41) is 0.436. The molecule has 0 amide bonds. The van der Waals surface area contributed by atoms with E-state index in [9.17, 15) is 4.79 Å². The number of nitrogen functional groups attached to an aromatic ring is 1. The Balaban J connectivity index is 3.10. The van der Waals surface area contributed by atoms with Gasteiger partial charge in [-0.25, -0.2) is 4.79 Å². The minimum absolute atomic E-state index is 0.170. The maximum absolute atomic E-state index is 11.7. The fraction of sp³-hybridized carbons (Fsp3) is 0.417. The third-order valence-electron chi connectivity index (χ3n) is 2.12. The lowest BCUT2D eigenvalue weighted by molar-refractivity contribution is 0.0378. The minimum Gasteiger partial charge on any atom is -0.459 e. The van der Waals surface area contributed by atoms with Crippen LogP contribution in [-0.2, 0) is 4.74 Å². The third-order valence-corrected chi connectivity index (χ3v) is 2.41. The molecule has 0 bridgehead atoms. The van der Waals surface area contributed by atoms with Crippen LogP contribution in [0.3, 0.4) is 0 Å². The second-order valence-electron chi connectivity index (χ2n) is 4.24. The molecule has 0 aliphatic carbocycles. The van der Waals surface area contributed by atoms with Crippen molar-refractivity contribution in [2.45, 2.75) is 20.0 Å². The van der Waals surface area contributed by atoms with Crippen molar-refractivity contribution in [1.29, 1.82) is 0 Å². The molecule has 1 aromatic carbocycles. The summed E-state index contributed by atoms with van der Waals surface area (Å²) in [5.41, 5.74) is 7.38. The molecule has 0 aliphatic heterocycles. The van der Waals surface area contributed by atoms with Gasteiger partial charge < -0.3 is 15.4 Å². The number of benzene rings is 1. The van der Waals surface area contributed by atoms with Crippen LogP contribution in [0, 0.1) is 0 Å². The van der Waals surface area contributed by atoms with Crippen molar-refractivity contribution in [2.75, 3.05) is 24.7 Å². The van der Waals surface area contributed by atoms with Gasteiger partial charge in [-0.3, -0.25) is 0 Å². The summed E-state index contributed by atoms with van der Waals surface area (Å²) in [4.78, 5) is 13.5. The number of halogens is 1. The van der Waals surface area contributed by atoms with Gasteiger partial charge in [0, 0.05) is 14.1 Å². The standard InChI is InChI=1S/C12H17ClN2O2/c1-7(2)17-12(16)8-5-9(13)11(15(3)4)10(14)6-8/h5-7H,14H2,1-4H3. The summed E-state index contributed by atoms with van der Waals surface area (Å²) in [7, 11) is 3.67. The van der Waals surface area contributed by atoms with Gasteiger partial charge in [0.05, 0.1) is 28.1 Å². The molecular formula is C12H17ClN2O2. The van der Waals surface area contributed by atoms with E-state index < -0.39 is 5.97 Å². The Bertz CT molecular complexity index is 408. The lowest BCUT2D eigenvalue weighted by Gasteiger charge is -2.18. The quantitative estimate of drug-likeness (QED) is 0.667. The van der Waals surface area contributed by atoms with Crippen LogP contribution in [0.4, 0.5) is 11.4 Å². The van der Waals surface area contributed by atoms with Gasteiger partial charge in [0.25, 0.3) is 0 Å². The van der Waals surface area contributed by atoms with Crippen LogP contribution < -0.4 is 10.6 Å². The zero-order chi connectivity index (χ0) is 13.2. The SMILES string of the molecule is CC(C)OC(=O)c1cc(N)c(N(C)C)c(Cl)c1. The Morgan fingerprint density at radius 2 is 2.00 bits per heavy atom. The molecule has 0 heterocycles. The van der Waals surface area contributed by atoms with Gasteiger partial charge in [-0.2, -0.15) is 0 Å². The zero-order valence-electron chi connectivity index (χ0n) is 10.5. The number of rotatable bonds is 3. The molecule has 17 heavy (non-hydrogen) atoms. The van der Waals surface area contributed by atoms with Crippen LogP contribution >= 0.6 is 11.6 Å². The molecule has 0 aromatic heterocycles. The normalized spacial score (nSPS) is 10.5. The van der Waals surface area contributed by atoms with Crippen molar-refractivity contribution >= 4 is 28.9 Å². The molecule has 0 radical (unpaired) electrons. The summed E-state index contributed by atoms with van der Waals surface area (Å²) >= 11 is 6.08. The fourth-order valence-electron chi connectivity index (χ4n) is 1.49. The molecule has 0 unspecified atom stereocenters. The van der Waals surface area contributed by atoms with Gasteiger partial charge in [-0.15, -0.1) is 0 Å². The molecule has 0 fully saturated rings. The number of ether oxygens (including phenoxy) is 1. The van der Waals surface area contributed by atoms with Crippen molar-refractivity contribution in [3.8, 4) is 0 Å². The van der Waals surface area contributed by atoms with Gasteiger partial charge in [-0.1, -0.05) is 11.6 Å². The van der Waals surface area contributed by atoms with Gasteiger partial charge in [0.2, 0.25) is 0 Å². The number of nitrogens with two attached hydrogens (primary N) is 1. The summed E-state index contributed by atoms with van der Waals surface area (Å²) in [6.45, 7) is 3.58. The fourth-order valence-corrected chi connectivity index (χ4v) is 1.89. The topological polar surface area (TPSA) is 55.6 Å². The summed E-state index contributed by atoms with van der Waals surface area (Å²) < 4.78 is 5.08. The van der Waals surface area contributed by atoms with E-state index in [0.717, 1.165) is 0 Å². The molecular weight excluding hydrogens is 240 g/mol. The second-order valence-corrected chi connectivity index (χ2v) is 4.65. The van der Waals surface area contributed by atoms with Crippen molar-refractivity contribution in [3.05, 3.63) is 22.7 Å². The van der Waals surface area contributed by atoms with Crippen molar-refractivity contribution in [3.63, 3.8) is 0 Å². The highest BCUT2D eigenvalue weighted by atomic mass is 35.5. The van der Waals surface area contributed by atoms with Crippen LogP contribution in [0.25, 0.3) is 0 Å². The van der Waals surface area contributed by atoms with E-state index in [-0.39, 0.29) is 6.10 Å². The van der Waals surface area contributed by atoms with E-state index in [1.54, 1.807) is 30.9 Å². The monoisotopic (exact) mass is 256 g/mol. The van der Waals surface area contributed by atoms with E-state index in [0.29, 0.717) is 22.0 Å². The maximum atomic E-state index is 11.7. The number of esters is 1. The van der Waals surface area contributed by atoms with Gasteiger partial charge in [0.15, 0.2) is 0 Å². The molecule has 0 atom stereocenters. The van der Waals surface area contributed by atoms with E-state index in [4.69, 9.17) is 22.1 Å². The largest absolute Gasteiger partial charge is 0.459 e. The first-order valence-corrected chi connectivity index (χ1v) is 5.68. The lowest BCUT2D eigenvalue weighted by atomic mass is 10.1. The molecule has 1 rings (SSSR count). The number of hydrogen-bond acceptors (Lipinski definition) is 4. The summed E-state index contributed by atoms with van der Waals surface area (Å²) in [6, 6.07) is 3.14. The average molecular weight is 257 g/mol. The number of hydrogen-bond donors (Lipinski definition) is 1. The van der Waals surface area contributed by atoms with E-state index >= 15 is 0 Å². The Hall–Kier alpha value is -1.42. The predicted octanol–water partition coefficient (Wildman–Crippen LogP) is 2.55. The zero-order valence-corrected chi connectivity index (χ0v) is 11.2. The van der Waals surface area contributed by atoms with E-state index in [2.05, 4.69) is 0 Å². The first-order chi connectivity index (χ1) is 7.82. The van der Waals surface area contributed by atoms with Gasteiger partial charge in [0.1, 0.15) is 0 Å². The van der Waals surface area contributed by atoms with E-state index in [1.165, 1.54) is 0 Å². The van der Waals surface area contributed by atoms with Crippen LogP contribution in [-0.4, -0.2) is 26.2 Å². The highest BCUT2D eigenvalue weighted by molar-refractivity contribution is 6.34. The van der Waals surface area contributed by atoms with E-state index in [1.807, 2.05) is 14.1 Å². The molecule has 2 N–H and O–H groups in total. The highest BCUT2D eigenvalue weighted by Crippen LogP contribution is 2.32.